The van der Waals surface area contributed by atoms with E-state index in [-0.39, 0.29) is 6.04 Å². The molecule has 0 spiro atoms. The summed E-state index contributed by atoms with van der Waals surface area (Å²) in [5.74, 6) is 0. The third-order valence-corrected chi connectivity index (χ3v) is 6.66. The third kappa shape index (κ3) is 3.57. The highest BCUT2D eigenvalue weighted by Crippen LogP contribution is 2.45. The number of hydrogen-bond acceptors (Lipinski definition) is 3. The quantitative estimate of drug-likeness (QED) is 0.322. The van der Waals surface area contributed by atoms with Crippen molar-refractivity contribution in [2.24, 2.45) is 0 Å². The molecule has 4 nitrogen and oxygen atoms in total. The minimum absolute atomic E-state index is 0.313. The first kappa shape index (κ1) is 21.2. The van der Waals surface area contributed by atoms with E-state index in [1.54, 1.807) is 18.0 Å². The number of halogens is 1. The van der Waals surface area contributed by atoms with Crippen LogP contribution >= 0.6 is 11.6 Å². The molecule has 1 heterocycles. The Bertz CT molecular complexity index is 1350. The van der Waals surface area contributed by atoms with Gasteiger partial charge in [-0.2, -0.15) is 0 Å². The van der Waals surface area contributed by atoms with Gasteiger partial charge in [0, 0.05) is 23.6 Å². The van der Waals surface area contributed by atoms with Gasteiger partial charge in [0.05, 0.1) is 22.5 Å². The Balaban J connectivity index is 1.44. The highest BCUT2D eigenvalue weighted by molar-refractivity contribution is 6.36. The minimum atomic E-state index is -0.438. The van der Waals surface area contributed by atoms with Crippen molar-refractivity contribution in [1.82, 2.24) is 9.88 Å². The molecular weight excluding hydrogens is 432 g/mol. The Hall–Kier alpha value is -3.63. The van der Waals surface area contributed by atoms with E-state index in [0.29, 0.717) is 10.7 Å². The Morgan fingerprint density at radius 2 is 1.70 bits per heavy atom. The number of fused-ring (bicyclic) bond motifs is 4. The first-order valence-electron chi connectivity index (χ1n) is 10.8. The van der Waals surface area contributed by atoms with Crippen molar-refractivity contribution in [1.29, 1.82) is 0 Å². The van der Waals surface area contributed by atoms with Crippen LogP contribution in [0.5, 0.6) is 0 Å². The van der Waals surface area contributed by atoms with Gasteiger partial charge in [0.1, 0.15) is 0 Å². The lowest BCUT2D eigenvalue weighted by molar-refractivity contribution is 0.0758. The van der Waals surface area contributed by atoms with Gasteiger partial charge >= 0.3 is 6.09 Å². The molecule has 0 fully saturated rings. The van der Waals surface area contributed by atoms with Gasteiger partial charge in [-0.1, -0.05) is 78.8 Å². The van der Waals surface area contributed by atoms with Crippen molar-refractivity contribution in [3.05, 3.63) is 107 Å². The molecule has 0 unspecified atom stereocenters. The lowest BCUT2D eigenvalue weighted by Gasteiger charge is -2.26. The molecule has 33 heavy (non-hydrogen) atoms. The molecule has 1 aliphatic carbocycles. The molecule has 5 heteroatoms. The highest BCUT2D eigenvalue weighted by atomic mass is 35.5. The monoisotopic (exact) mass is 454 g/mol. The van der Waals surface area contributed by atoms with E-state index >= 15 is 0 Å². The van der Waals surface area contributed by atoms with Crippen LogP contribution in [0.15, 0.2) is 79.4 Å². The number of pyridine rings is 1. The largest absolute Gasteiger partial charge is 0.436 e. The zero-order chi connectivity index (χ0) is 23.1. The topological polar surface area (TPSA) is 42.4 Å². The predicted molar refractivity (Wildman–Crippen MR) is 133 cm³/mol. The molecule has 5 rings (SSSR count). The van der Waals surface area contributed by atoms with E-state index in [1.807, 2.05) is 67.6 Å². The summed E-state index contributed by atoms with van der Waals surface area (Å²) in [6.45, 7) is 5.82. The number of rotatable bonds is 4. The second-order valence-electron chi connectivity index (χ2n) is 8.20. The zero-order valence-corrected chi connectivity index (χ0v) is 19.2. The van der Waals surface area contributed by atoms with Gasteiger partial charge in [-0.25, -0.2) is 4.79 Å². The van der Waals surface area contributed by atoms with E-state index in [4.69, 9.17) is 21.3 Å². The number of carbonyl (C=O) groups is 1. The van der Waals surface area contributed by atoms with Crippen LogP contribution in [0.4, 0.5) is 4.79 Å². The van der Waals surface area contributed by atoms with Gasteiger partial charge < -0.3 is 9.64 Å². The summed E-state index contributed by atoms with van der Waals surface area (Å²) >= 11 is 6.39. The van der Waals surface area contributed by atoms with Crippen LogP contribution in [0.2, 0.25) is 5.02 Å². The molecule has 1 atom stereocenters. The summed E-state index contributed by atoms with van der Waals surface area (Å²) < 4.78 is 6.05. The van der Waals surface area contributed by atoms with Gasteiger partial charge in [0.25, 0.3) is 0 Å². The zero-order valence-electron chi connectivity index (χ0n) is 18.5. The first-order chi connectivity index (χ1) is 16.0. The van der Waals surface area contributed by atoms with Crippen LogP contribution in [0, 0.1) is 0 Å². The maximum absolute atomic E-state index is 13.2. The molecule has 1 amide bonds. The fourth-order valence-electron chi connectivity index (χ4n) is 4.46. The van der Waals surface area contributed by atoms with Gasteiger partial charge in [0.2, 0.25) is 0 Å². The van der Waals surface area contributed by atoms with E-state index in [0.717, 1.165) is 38.7 Å². The minimum Gasteiger partial charge on any atom is -0.436 e. The van der Waals surface area contributed by atoms with Crippen LogP contribution in [-0.4, -0.2) is 23.0 Å². The lowest BCUT2D eigenvalue weighted by atomic mass is 10.1. The van der Waals surface area contributed by atoms with E-state index in [1.165, 1.54) is 0 Å². The Morgan fingerprint density at radius 1 is 1.06 bits per heavy atom. The van der Waals surface area contributed by atoms with Crippen LogP contribution < -0.4 is 0 Å². The van der Waals surface area contributed by atoms with Crippen molar-refractivity contribution in [3.8, 4) is 11.1 Å². The second kappa shape index (κ2) is 8.38. The predicted octanol–water partition coefficient (Wildman–Crippen LogP) is 7.43. The number of carbonyl (C=O) groups excluding carboxylic acids is 1. The molecule has 3 aromatic carbocycles. The average molecular weight is 455 g/mol. The van der Waals surface area contributed by atoms with Crippen LogP contribution in [0.1, 0.15) is 41.6 Å². The molecule has 4 aromatic rings. The standard InChI is InChI=1S/C28H23ClN2O2/c1-4-24-26-18(10-9-15-23(26)29)16-25(30-24)17(2)31(3)28(32)33-27-21-13-7-5-11-19(21)20-12-6-8-14-22(20)27/h4-17,27H,1H2,2-3H3/t17-/m0/s1. The van der Waals surface area contributed by atoms with Crippen LogP contribution in [0.25, 0.3) is 28.0 Å². The maximum Gasteiger partial charge on any atom is 0.411 e. The highest BCUT2D eigenvalue weighted by Gasteiger charge is 2.33. The van der Waals surface area contributed by atoms with Gasteiger partial charge in [-0.3, -0.25) is 4.98 Å². The van der Waals surface area contributed by atoms with Crippen molar-refractivity contribution >= 4 is 34.5 Å². The molecule has 0 radical (unpaired) electrons. The lowest BCUT2D eigenvalue weighted by Crippen LogP contribution is -2.31. The molecule has 0 bridgehead atoms. The molecule has 0 N–H and O–H groups in total. The summed E-state index contributed by atoms with van der Waals surface area (Å²) in [5, 5.41) is 2.43. The molecule has 0 saturated carbocycles. The van der Waals surface area contributed by atoms with Crippen molar-refractivity contribution in [2.45, 2.75) is 19.1 Å². The van der Waals surface area contributed by atoms with E-state index in [9.17, 15) is 4.79 Å². The first-order valence-corrected chi connectivity index (χ1v) is 11.2. The average Bonchev–Trinajstić information content (AvgIpc) is 3.16. The number of amides is 1. The summed E-state index contributed by atoms with van der Waals surface area (Å²) in [6, 6.07) is 23.5. The smallest absolute Gasteiger partial charge is 0.411 e. The van der Waals surface area contributed by atoms with Crippen molar-refractivity contribution < 1.29 is 9.53 Å². The fourth-order valence-corrected chi connectivity index (χ4v) is 4.74. The fraction of sp³-hybridized carbons (Fsp3) is 0.143. The normalized spacial score (nSPS) is 13.3. The number of aromatic nitrogens is 1. The van der Waals surface area contributed by atoms with Gasteiger partial charge in [0.15, 0.2) is 6.10 Å². The molecule has 0 aliphatic heterocycles. The van der Waals surface area contributed by atoms with E-state index < -0.39 is 12.2 Å². The van der Waals surface area contributed by atoms with Crippen molar-refractivity contribution in [2.75, 3.05) is 7.05 Å². The number of benzene rings is 3. The summed E-state index contributed by atoms with van der Waals surface area (Å²) in [5.41, 5.74) is 5.64. The van der Waals surface area contributed by atoms with E-state index in [2.05, 4.69) is 18.7 Å². The van der Waals surface area contributed by atoms with Gasteiger partial charge in [-0.15, -0.1) is 0 Å². The number of nitrogens with zero attached hydrogens (tertiary/aromatic N) is 2. The number of ether oxygens (including phenoxy) is 1. The maximum atomic E-state index is 13.2. The SMILES string of the molecule is C=Cc1nc([C@H](C)N(C)C(=O)OC2c3ccccc3-c3ccccc32)cc2cccc(Cl)c12. The molecule has 1 aromatic heterocycles. The molecular formula is C28H23ClN2O2. The summed E-state index contributed by atoms with van der Waals surface area (Å²) in [7, 11) is 1.73. The van der Waals surface area contributed by atoms with Crippen molar-refractivity contribution in [3.63, 3.8) is 0 Å². The van der Waals surface area contributed by atoms with Crippen LogP contribution in [0.3, 0.4) is 0 Å². The number of hydrogen-bond donors (Lipinski definition) is 0. The Labute approximate surface area is 198 Å². The Kier molecular flexibility index (Phi) is 5.39. The van der Waals surface area contributed by atoms with Gasteiger partial charge in [-0.05, 0) is 41.6 Å². The van der Waals surface area contributed by atoms with Crippen LogP contribution in [-0.2, 0) is 4.74 Å². The molecule has 0 saturated heterocycles. The second-order valence-corrected chi connectivity index (χ2v) is 8.61. The Morgan fingerprint density at radius 3 is 2.33 bits per heavy atom. The summed E-state index contributed by atoms with van der Waals surface area (Å²) in [6.07, 6.45) is 0.841. The third-order valence-electron chi connectivity index (χ3n) is 6.34. The molecule has 1 aliphatic rings. The molecule has 164 valence electrons. The summed E-state index contributed by atoms with van der Waals surface area (Å²) in [4.78, 5) is 19.6.